The van der Waals surface area contributed by atoms with Crippen LogP contribution in [0, 0.1) is 23.5 Å². The molecule has 0 spiro atoms. The minimum atomic E-state index is -5.16. The molecule has 2 unspecified atom stereocenters. The van der Waals surface area contributed by atoms with Crippen LogP contribution in [0.1, 0.15) is 81.0 Å². The van der Waals surface area contributed by atoms with Gasteiger partial charge in [-0.2, -0.15) is 45.3 Å². The van der Waals surface area contributed by atoms with Crippen LogP contribution in [0.2, 0.25) is 5.02 Å². The Kier molecular flexibility index (Phi) is 15.2. The van der Waals surface area contributed by atoms with Gasteiger partial charge >= 0.3 is 12.4 Å². The Balaban J connectivity index is 0.00000391. The zero-order valence-electron chi connectivity index (χ0n) is 35.5. The molecule has 0 aliphatic heterocycles. The van der Waals surface area contributed by atoms with Crippen LogP contribution >= 0.6 is 23.5 Å². The van der Waals surface area contributed by atoms with E-state index in [1.165, 1.54) is 36.8 Å². The van der Waals surface area contributed by atoms with Crippen molar-refractivity contribution in [3.63, 3.8) is 0 Å². The number of halogens is 11. The van der Waals surface area contributed by atoms with Crippen molar-refractivity contribution in [2.24, 2.45) is 0 Å². The first-order valence-electron chi connectivity index (χ1n) is 19.5. The molecule has 2 aromatic carbocycles. The predicted octanol–water partition coefficient (Wildman–Crippen LogP) is 10.1. The SMILES string of the molecule is CC.CSN(C(C)=O)c1nn(CC(F)(F)F)c2c(-c3ccc(C#CC(C)(C)S(C)=O)nc3C(Cc3cc(F)cc(F)c3)NC(=O)Cn3nc(C(F)(F)F)c4c3C(F)(F)CC4)ccc(Cl)c12. The van der Waals surface area contributed by atoms with Crippen LogP contribution in [0.4, 0.5) is 49.7 Å². The van der Waals surface area contributed by atoms with Gasteiger partial charge in [0.2, 0.25) is 11.8 Å². The van der Waals surface area contributed by atoms with Crippen molar-refractivity contribution in [1.82, 2.24) is 29.9 Å². The lowest BCUT2D eigenvalue weighted by Crippen LogP contribution is -2.35. The summed E-state index contributed by atoms with van der Waals surface area (Å²) in [6, 6.07) is 6.01. The normalized spacial score (nSPS) is 14.5. The maximum absolute atomic E-state index is 15.1. The number of hydrogen-bond donors (Lipinski definition) is 1. The number of hydrogen-bond acceptors (Lipinski definition) is 7. The van der Waals surface area contributed by atoms with Crippen LogP contribution in [-0.4, -0.2) is 64.0 Å². The first kappa shape index (κ1) is 50.9. The predicted molar refractivity (Wildman–Crippen MR) is 227 cm³/mol. The zero-order valence-corrected chi connectivity index (χ0v) is 37.9. The third kappa shape index (κ3) is 11.3. The van der Waals surface area contributed by atoms with E-state index in [-0.39, 0.29) is 54.5 Å². The summed E-state index contributed by atoms with van der Waals surface area (Å²) in [5.41, 5.74) is -4.39. The fourth-order valence-electron chi connectivity index (χ4n) is 7.04. The first-order chi connectivity index (χ1) is 30.2. The van der Waals surface area contributed by atoms with Crippen molar-refractivity contribution in [3.05, 3.63) is 93.0 Å². The van der Waals surface area contributed by atoms with E-state index in [1.54, 1.807) is 13.8 Å². The van der Waals surface area contributed by atoms with Gasteiger partial charge in [-0.1, -0.05) is 37.4 Å². The van der Waals surface area contributed by atoms with Crippen molar-refractivity contribution in [2.75, 3.05) is 16.8 Å². The molecule has 0 saturated carbocycles. The van der Waals surface area contributed by atoms with Gasteiger partial charge in [0.15, 0.2) is 11.5 Å². The minimum absolute atomic E-state index is 0.0676. The zero-order chi connectivity index (χ0) is 48.6. The summed E-state index contributed by atoms with van der Waals surface area (Å²) in [6.07, 6.45) is -9.40. The molecule has 0 bridgehead atoms. The van der Waals surface area contributed by atoms with Gasteiger partial charge in [0.05, 0.1) is 27.7 Å². The summed E-state index contributed by atoms with van der Waals surface area (Å²) >= 11 is 7.44. The van der Waals surface area contributed by atoms with Gasteiger partial charge in [-0.15, -0.1) is 0 Å². The van der Waals surface area contributed by atoms with Gasteiger partial charge in [0.1, 0.15) is 40.9 Å². The number of carbonyl (C=O) groups is 2. The van der Waals surface area contributed by atoms with Crippen LogP contribution in [0.15, 0.2) is 42.5 Å². The molecule has 0 saturated heterocycles. The average molecular weight is 980 g/mol. The number of benzene rings is 2. The number of nitrogens with one attached hydrogen (secondary N) is 1. The van der Waals surface area contributed by atoms with Crippen molar-refractivity contribution in [1.29, 1.82) is 0 Å². The van der Waals surface area contributed by atoms with Gasteiger partial charge in [0.25, 0.3) is 5.92 Å². The smallest absolute Gasteiger partial charge is 0.346 e. The Hall–Kier alpha value is -5.14. The van der Waals surface area contributed by atoms with Crippen LogP contribution in [0.3, 0.4) is 0 Å². The lowest BCUT2D eigenvalue weighted by molar-refractivity contribution is -0.143. The molecular formula is C42H40ClF10N7O3S2. The van der Waals surface area contributed by atoms with Gasteiger partial charge in [-0.05, 0) is 80.5 Å². The Morgan fingerprint density at radius 2 is 1.63 bits per heavy atom. The Morgan fingerprint density at radius 1 is 1.00 bits per heavy atom. The highest BCUT2D eigenvalue weighted by Crippen LogP contribution is 2.47. The number of aromatic nitrogens is 5. The summed E-state index contributed by atoms with van der Waals surface area (Å²) in [6.45, 7) is 5.36. The molecule has 350 valence electrons. The lowest BCUT2D eigenvalue weighted by atomic mass is 9.93. The highest BCUT2D eigenvalue weighted by Gasteiger charge is 2.50. The fraction of sp³-hybridized carbons (Fsp3) is 0.405. The van der Waals surface area contributed by atoms with Crippen molar-refractivity contribution < 1.29 is 57.7 Å². The molecule has 3 heterocycles. The van der Waals surface area contributed by atoms with E-state index in [2.05, 4.69) is 32.3 Å². The summed E-state index contributed by atoms with van der Waals surface area (Å²) in [5, 5.41) is 9.73. The summed E-state index contributed by atoms with van der Waals surface area (Å²) in [4.78, 5) is 31.3. The Bertz CT molecular complexity index is 2700. The Labute approximate surface area is 378 Å². The molecule has 0 fully saturated rings. The quantitative estimate of drug-likeness (QED) is 0.0796. The number of fused-ring (bicyclic) bond motifs is 2. The van der Waals surface area contributed by atoms with Crippen LogP contribution < -0.4 is 9.62 Å². The molecule has 3 aromatic heterocycles. The summed E-state index contributed by atoms with van der Waals surface area (Å²) in [5.74, 6) is -2.44. The lowest BCUT2D eigenvalue weighted by Gasteiger charge is -2.23. The first-order valence-corrected chi connectivity index (χ1v) is 22.6. The maximum Gasteiger partial charge on any atom is 0.435 e. The van der Waals surface area contributed by atoms with E-state index in [9.17, 15) is 48.9 Å². The average Bonchev–Trinajstić information content (AvgIpc) is 3.85. The molecule has 2 atom stereocenters. The van der Waals surface area contributed by atoms with E-state index in [4.69, 9.17) is 11.6 Å². The van der Waals surface area contributed by atoms with Crippen LogP contribution in [0.25, 0.3) is 22.0 Å². The number of amides is 2. The minimum Gasteiger partial charge on any atom is -0.346 e. The second kappa shape index (κ2) is 19.4. The van der Waals surface area contributed by atoms with Gasteiger partial charge in [-0.25, -0.2) is 18.1 Å². The van der Waals surface area contributed by atoms with E-state index in [0.29, 0.717) is 10.7 Å². The van der Waals surface area contributed by atoms with E-state index in [0.717, 1.165) is 35.3 Å². The van der Waals surface area contributed by atoms with Crippen LogP contribution in [-0.2, 0) is 58.4 Å². The summed E-state index contributed by atoms with van der Waals surface area (Å²) < 4.78 is 157. The highest BCUT2D eigenvalue weighted by molar-refractivity contribution is 8.00. The molecule has 23 heteroatoms. The molecule has 1 aliphatic carbocycles. The van der Waals surface area contributed by atoms with Crippen molar-refractivity contribution >= 4 is 62.9 Å². The van der Waals surface area contributed by atoms with Crippen molar-refractivity contribution in [3.8, 4) is 23.0 Å². The molecule has 65 heavy (non-hydrogen) atoms. The molecule has 10 nitrogen and oxygen atoms in total. The number of anilines is 1. The number of alkyl halides is 8. The molecule has 5 aromatic rings. The molecule has 2 amide bonds. The Morgan fingerprint density at radius 3 is 2.20 bits per heavy atom. The molecule has 1 N–H and O–H groups in total. The number of pyridine rings is 1. The van der Waals surface area contributed by atoms with Gasteiger partial charge in [0, 0.05) is 59.4 Å². The number of carbonyl (C=O) groups excluding carboxylic acids is 2. The second-order valence-electron chi connectivity index (χ2n) is 14.9. The third-order valence-corrected chi connectivity index (χ3v) is 12.6. The fourth-order valence-corrected chi connectivity index (χ4v) is 8.03. The number of nitrogens with zero attached hydrogens (tertiary/aromatic N) is 6. The van der Waals surface area contributed by atoms with E-state index in [1.807, 2.05) is 13.8 Å². The number of rotatable bonds is 11. The second-order valence-corrected chi connectivity index (χ2v) is 18.0. The monoisotopic (exact) mass is 979 g/mol. The largest absolute Gasteiger partial charge is 0.435 e. The van der Waals surface area contributed by atoms with Crippen LogP contribution in [0.5, 0.6) is 0 Å². The summed E-state index contributed by atoms with van der Waals surface area (Å²) in [7, 11) is -1.51. The maximum atomic E-state index is 15.1. The van der Waals surface area contributed by atoms with E-state index >= 15 is 8.78 Å². The van der Waals surface area contributed by atoms with Crippen molar-refractivity contribution in [2.45, 2.75) is 96.0 Å². The van der Waals surface area contributed by atoms with Gasteiger partial charge < -0.3 is 5.32 Å². The molecule has 1 aliphatic rings. The molecule has 6 rings (SSSR count). The van der Waals surface area contributed by atoms with Gasteiger partial charge in [-0.3, -0.25) is 23.2 Å². The molecular weight excluding hydrogens is 940 g/mol. The standard InChI is InChI=1S/C40H34ClF10N7O3S2.C2H6/c1-20(59)58(62-4)36-31-28(41)9-8-26(33(31)57(55-36)19-39(46,47)48)25-7-6-24(10-12-37(2,3)63(5)61)52-32(25)29(16-21-14-22(42)17-23(43)15-21)53-30(60)18-56-35-27(11-13-38(35,44)45)34(54-56)40(49,50)51;1-2/h6-9,14-15,17,29H,11,13,16,18-19H2,1-5H3,(H,53,60);1-2H3. The van der Waals surface area contributed by atoms with E-state index < -0.39 is 113 Å². The third-order valence-electron chi connectivity index (χ3n) is 9.91. The topological polar surface area (TPSA) is 115 Å². The highest BCUT2D eigenvalue weighted by atomic mass is 35.5. The molecule has 0 radical (unpaired) electrons.